The fourth-order valence-corrected chi connectivity index (χ4v) is 1.30. The van der Waals surface area contributed by atoms with E-state index in [2.05, 4.69) is 4.74 Å². The van der Waals surface area contributed by atoms with Gasteiger partial charge in [-0.25, -0.2) is 4.79 Å². The van der Waals surface area contributed by atoms with Gasteiger partial charge < -0.3 is 9.84 Å². The minimum Gasteiger partial charge on any atom is -0.479 e. The van der Waals surface area contributed by atoms with Crippen LogP contribution in [-0.4, -0.2) is 23.1 Å². The summed E-state index contributed by atoms with van der Waals surface area (Å²) in [6, 6.07) is 0. The molecule has 0 spiro atoms. The quantitative estimate of drug-likeness (QED) is 0.621. The van der Waals surface area contributed by atoms with Gasteiger partial charge in [0.05, 0.1) is 5.92 Å². The SMILES string of the molecule is CC(C)[C@@H]1C[C@@H](C(=O)O)OC1=O. The van der Waals surface area contributed by atoms with Gasteiger partial charge in [-0.3, -0.25) is 4.79 Å². The van der Waals surface area contributed by atoms with Gasteiger partial charge in [-0.2, -0.15) is 0 Å². The maximum absolute atomic E-state index is 11.0. The van der Waals surface area contributed by atoms with Crippen molar-refractivity contribution < 1.29 is 19.4 Å². The van der Waals surface area contributed by atoms with Crippen molar-refractivity contribution in [2.45, 2.75) is 26.4 Å². The number of ether oxygens (including phenoxy) is 1. The summed E-state index contributed by atoms with van der Waals surface area (Å²) in [6.45, 7) is 3.77. The molecule has 1 saturated heterocycles. The number of carboxylic acids is 1. The fraction of sp³-hybridized carbons (Fsp3) is 0.750. The van der Waals surface area contributed by atoms with Crippen molar-refractivity contribution in [2.24, 2.45) is 11.8 Å². The molecule has 68 valence electrons. The Morgan fingerprint density at radius 3 is 2.50 bits per heavy atom. The van der Waals surface area contributed by atoms with E-state index in [1.54, 1.807) is 0 Å². The molecule has 1 N–H and O–H groups in total. The number of carbonyl (C=O) groups excluding carboxylic acids is 1. The highest BCUT2D eigenvalue weighted by atomic mass is 16.6. The summed E-state index contributed by atoms with van der Waals surface area (Å²) in [5, 5.41) is 8.55. The van der Waals surface area contributed by atoms with Gasteiger partial charge >= 0.3 is 11.9 Å². The molecule has 0 aromatic rings. The molecule has 0 bridgehead atoms. The molecule has 4 heteroatoms. The van der Waals surface area contributed by atoms with E-state index in [-0.39, 0.29) is 17.8 Å². The number of hydrogen-bond acceptors (Lipinski definition) is 3. The van der Waals surface area contributed by atoms with Gasteiger partial charge in [-0.1, -0.05) is 13.8 Å². The van der Waals surface area contributed by atoms with E-state index in [1.165, 1.54) is 0 Å². The van der Waals surface area contributed by atoms with E-state index in [4.69, 9.17) is 5.11 Å². The molecule has 0 aromatic heterocycles. The summed E-state index contributed by atoms with van der Waals surface area (Å²) in [4.78, 5) is 21.5. The Morgan fingerprint density at radius 2 is 2.25 bits per heavy atom. The summed E-state index contributed by atoms with van der Waals surface area (Å²) in [6.07, 6.45) is -0.615. The van der Waals surface area contributed by atoms with Crippen LogP contribution in [0.4, 0.5) is 0 Å². The average molecular weight is 172 g/mol. The Hall–Kier alpha value is -1.06. The standard InChI is InChI=1S/C8H12O4/c1-4(2)5-3-6(7(9)10)12-8(5)11/h4-6H,3H2,1-2H3,(H,9,10)/t5-,6-/m0/s1. The molecule has 1 fully saturated rings. The molecule has 1 aliphatic rings. The fourth-order valence-electron chi connectivity index (χ4n) is 1.30. The molecule has 1 aliphatic heterocycles. The van der Waals surface area contributed by atoms with Crippen molar-refractivity contribution >= 4 is 11.9 Å². The maximum Gasteiger partial charge on any atom is 0.345 e. The van der Waals surface area contributed by atoms with Crippen LogP contribution < -0.4 is 0 Å². The van der Waals surface area contributed by atoms with Crippen molar-refractivity contribution in [1.29, 1.82) is 0 Å². The molecule has 0 radical (unpaired) electrons. The molecule has 0 unspecified atom stereocenters. The lowest BCUT2D eigenvalue weighted by Crippen LogP contribution is -2.18. The second kappa shape index (κ2) is 3.13. The Bertz CT molecular complexity index is 209. The summed E-state index contributed by atoms with van der Waals surface area (Å²) in [7, 11) is 0. The summed E-state index contributed by atoms with van der Waals surface area (Å²) in [5.74, 6) is -1.52. The van der Waals surface area contributed by atoms with Crippen molar-refractivity contribution in [1.82, 2.24) is 0 Å². The maximum atomic E-state index is 11.0. The third kappa shape index (κ3) is 1.57. The van der Waals surface area contributed by atoms with E-state index < -0.39 is 12.1 Å². The summed E-state index contributed by atoms with van der Waals surface area (Å²) < 4.78 is 4.66. The second-order valence-corrected chi connectivity index (χ2v) is 3.35. The third-order valence-corrected chi connectivity index (χ3v) is 2.11. The van der Waals surface area contributed by atoms with Crippen LogP contribution in [0.3, 0.4) is 0 Å². The van der Waals surface area contributed by atoms with Gasteiger partial charge in [0.15, 0.2) is 6.10 Å². The van der Waals surface area contributed by atoms with Crippen LogP contribution in [-0.2, 0) is 14.3 Å². The molecule has 0 saturated carbocycles. The molecule has 2 atom stereocenters. The summed E-state index contributed by atoms with van der Waals surface area (Å²) >= 11 is 0. The van der Waals surface area contributed by atoms with Crippen molar-refractivity contribution in [2.75, 3.05) is 0 Å². The Morgan fingerprint density at radius 1 is 1.67 bits per heavy atom. The topological polar surface area (TPSA) is 63.6 Å². The van der Waals surface area contributed by atoms with Crippen molar-refractivity contribution in [3.63, 3.8) is 0 Å². The zero-order valence-electron chi connectivity index (χ0n) is 7.11. The van der Waals surface area contributed by atoms with Crippen LogP contribution in [0, 0.1) is 11.8 Å². The van der Waals surface area contributed by atoms with Gasteiger partial charge in [0.25, 0.3) is 0 Å². The van der Waals surface area contributed by atoms with Gasteiger partial charge in [0, 0.05) is 6.42 Å². The first-order valence-electron chi connectivity index (χ1n) is 3.95. The van der Waals surface area contributed by atoms with E-state index in [9.17, 15) is 9.59 Å². The zero-order valence-corrected chi connectivity index (χ0v) is 7.11. The highest BCUT2D eigenvalue weighted by molar-refractivity contribution is 5.83. The van der Waals surface area contributed by atoms with E-state index >= 15 is 0 Å². The van der Waals surface area contributed by atoms with Gasteiger partial charge in [-0.05, 0) is 5.92 Å². The molecule has 0 amide bonds. The number of rotatable bonds is 2. The first kappa shape index (κ1) is 9.03. The highest BCUT2D eigenvalue weighted by Crippen LogP contribution is 2.27. The monoisotopic (exact) mass is 172 g/mol. The molecule has 0 aliphatic carbocycles. The second-order valence-electron chi connectivity index (χ2n) is 3.35. The first-order chi connectivity index (χ1) is 5.52. The summed E-state index contributed by atoms with van der Waals surface area (Å²) in [5.41, 5.74) is 0. The lowest BCUT2D eigenvalue weighted by atomic mass is 9.93. The first-order valence-corrected chi connectivity index (χ1v) is 3.95. The average Bonchev–Trinajstić information content (AvgIpc) is 2.30. The van der Waals surface area contributed by atoms with E-state index in [0.717, 1.165) is 0 Å². The predicted octanol–water partition coefficient (Wildman–Crippen LogP) is 0.659. The molecule has 12 heavy (non-hydrogen) atoms. The molecule has 4 nitrogen and oxygen atoms in total. The number of cyclic esters (lactones) is 1. The van der Waals surface area contributed by atoms with E-state index in [0.29, 0.717) is 6.42 Å². The van der Waals surface area contributed by atoms with Crippen molar-refractivity contribution in [3.8, 4) is 0 Å². The molecular formula is C8H12O4. The van der Waals surface area contributed by atoms with Crippen LogP contribution in [0.1, 0.15) is 20.3 Å². The largest absolute Gasteiger partial charge is 0.479 e. The Kier molecular flexibility index (Phi) is 2.35. The van der Waals surface area contributed by atoms with Crippen LogP contribution in [0.2, 0.25) is 0 Å². The number of aliphatic carboxylic acids is 1. The number of carboxylic acid groups (broad SMARTS) is 1. The third-order valence-electron chi connectivity index (χ3n) is 2.11. The lowest BCUT2D eigenvalue weighted by Gasteiger charge is -2.07. The van der Waals surface area contributed by atoms with Gasteiger partial charge in [0.2, 0.25) is 0 Å². The minimum atomic E-state index is -1.05. The lowest BCUT2D eigenvalue weighted by molar-refractivity contribution is -0.157. The van der Waals surface area contributed by atoms with Crippen LogP contribution in [0.25, 0.3) is 0 Å². The van der Waals surface area contributed by atoms with Crippen LogP contribution in [0.15, 0.2) is 0 Å². The highest BCUT2D eigenvalue weighted by Gasteiger charge is 2.39. The molecule has 1 heterocycles. The van der Waals surface area contributed by atoms with Crippen molar-refractivity contribution in [3.05, 3.63) is 0 Å². The molecule has 0 aromatic carbocycles. The molecule has 1 rings (SSSR count). The number of esters is 1. The predicted molar refractivity (Wildman–Crippen MR) is 40.5 cm³/mol. The smallest absolute Gasteiger partial charge is 0.345 e. The Balaban J connectivity index is 2.62. The van der Waals surface area contributed by atoms with E-state index in [1.807, 2.05) is 13.8 Å². The number of hydrogen-bond donors (Lipinski definition) is 1. The minimum absolute atomic E-state index is 0.154. The van der Waals surface area contributed by atoms with Crippen LogP contribution >= 0.6 is 0 Å². The Labute approximate surface area is 70.5 Å². The van der Waals surface area contributed by atoms with Crippen LogP contribution in [0.5, 0.6) is 0 Å². The zero-order chi connectivity index (χ0) is 9.30. The normalized spacial score (nSPS) is 29.1. The van der Waals surface area contributed by atoms with Gasteiger partial charge in [0.1, 0.15) is 0 Å². The number of carbonyl (C=O) groups is 2. The molecular weight excluding hydrogens is 160 g/mol. The van der Waals surface area contributed by atoms with Gasteiger partial charge in [-0.15, -0.1) is 0 Å².